The molecule has 0 bridgehead atoms. The largest absolute Gasteiger partial charge is 0.220 e. The molecule has 0 aliphatic rings. The van der Waals surface area contributed by atoms with Gasteiger partial charge in [0.2, 0.25) is 0 Å². The van der Waals surface area contributed by atoms with E-state index in [0.29, 0.717) is 22.7 Å². The highest BCUT2D eigenvalue weighted by molar-refractivity contribution is 7.99. The van der Waals surface area contributed by atoms with Crippen molar-refractivity contribution in [2.24, 2.45) is 0 Å². The molecule has 0 aliphatic heterocycles. The number of benzene rings is 1. The van der Waals surface area contributed by atoms with Crippen LogP contribution in [0, 0.1) is 5.82 Å². The second kappa shape index (κ2) is 6.51. The maximum absolute atomic E-state index is 13.0. The number of hydrogen-bond acceptors (Lipinski definition) is 3. The molecule has 0 radical (unpaired) electrons. The third-order valence-electron chi connectivity index (χ3n) is 2.63. The van der Waals surface area contributed by atoms with Crippen LogP contribution >= 0.6 is 35.0 Å². The Morgan fingerprint density at radius 1 is 1.05 bits per heavy atom. The summed E-state index contributed by atoms with van der Waals surface area (Å²) in [5.41, 5.74) is 1.23. The van der Waals surface area contributed by atoms with Gasteiger partial charge >= 0.3 is 0 Å². The SMILES string of the molecule is CC(C)(C)SCc1nc(Cl)c(-c2ccc(F)cc2)c(Cl)n1. The van der Waals surface area contributed by atoms with Crippen LogP contribution in [0.3, 0.4) is 0 Å². The minimum Gasteiger partial charge on any atom is -0.220 e. The first-order chi connectivity index (χ1) is 9.76. The van der Waals surface area contributed by atoms with E-state index in [1.807, 2.05) is 0 Å². The van der Waals surface area contributed by atoms with Crippen molar-refractivity contribution in [3.63, 3.8) is 0 Å². The highest BCUT2D eigenvalue weighted by Crippen LogP contribution is 2.34. The summed E-state index contributed by atoms with van der Waals surface area (Å²) in [6, 6.07) is 5.92. The molecule has 0 N–H and O–H groups in total. The molecule has 2 aromatic rings. The summed E-state index contributed by atoms with van der Waals surface area (Å²) < 4.78 is 13.1. The van der Waals surface area contributed by atoms with Gasteiger partial charge in [0, 0.05) is 4.75 Å². The molecule has 0 saturated heterocycles. The standard InChI is InChI=1S/C15H15Cl2FN2S/c1-15(2,3)21-8-11-19-13(16)12(14(17)20-11)9-4-6-10(18)7-5-9/h4-7H,8H2,1-3H3. The van der Waals surface area contributed by atoms with Crippen LogP contribution in [0.4, 0.5) is 4.39 Å². The van der Waals surface area contributed by atoms with Crippen LogP contribution < -0.4 is 0 Å². The molecule has 0 aliphatic carbocycles. The van der Waals surface area contributed by atoms with E-state index in [-0.39, 0.29) is 20.9 Å². The van der Waals surface area contributed by atoms with Crippen molar-refractivity contribution in [2.45, 2.75) is 31.3 Å². The van der Waals surface area contributed by atoms with E-state index < -0.39 is 0 Å². The van der Waals surface area contributed by atoms with Crippen molar-refractivity contribution in [2.75, 3.05) is 0 Å². The van der Waals surface area contributed by atoms with Crippen molar-refractivity contribution in [1.29, 1.82) is 0 Å². The number of hydrogen-bond donors (Lipinski definition) is 0. The molecule has 2 nitrogen and oxygen atoms in total. The molecule has 21 heavy (non-hydrogen) atoms. The highest BCUT2D eigenvalue weighted by atomic mass is 35.5. The Hall–Kier alpha value is -0.840. The van der Waals surface area contributed by atoms with Crippen LogP contribution in [0.1, 0.15) is 26.6 Å². The Labute approximate surface area is 138 Å². The van der Waals surface area contributed by atoms with Crippen molar-refractivity contribution >= 4 is 35.0 Å². The van der Waals surface area contributed by atoms with E-state index >= 15 is 0 Å². The fourth-order valence-electron chi connectivity index (χ4n) is 1.65. The molecular formula is C15H15Cl2FN2S. The molecule has 1 heterocycles. The van der Waals surface area contributed by atoms with Gasteiger partial charge in [0.25, 0.3) is 0 Å². The number of nitrogens with zero attached hydrogens (tertiary/aromatic N) is 2. The van der Waals surface area contributed by atoms with Crippen LogP contribution in [0.5, 0.6) is 0 Å². The van der Waals surface area contributed by atoms with E-state index in [2.05, 4.69) is 30.7 Å². The van der Waals surface area contributed by atoms with Gasteiger partial charge in [0.05, 0.1) is 11.3 Å². The summed E-state index contributed by atoms with van der Waals surface area (Å²) in [6.07, 6.45) is 0. The van der Waals surface area contributed by atoms with Crippen LogP contribution in [0.15, 0.2) is 24.3 Å². The zero-order valence-corrected chi connectivity index (χ0v) is 14.3. The monoisotopic (exact) mass is 344 g/mol. The van der Waals surface area contributed by atoms with Crippen LogP contribution in [-0.4, -0.2) is 14.7 Å². The van der Waals surface area contributed by atoms with Gasteiger partial charge in [0.1, 0.15) is 21.9 Å². The van der Waals surface area contributed by atoms with Crippen molar-refractivity contribution < 1.29 is 4.39 Å². The number of rotatable bonds is 3. The first-order valence-electron chi connectivity index (χ1n) is 6.38. The third-order valence-corrected chi connectivity index (χ3v) is 4.45. The van der Waals surface area contributed by atoms with Crippen molar-refractivity contribution in [1.82, 2.24) is 9.97 Å². The van der Waals surface area contributed by atoms with Crippen molar-refractivity contribution in [3.05, 3.63) is 46.2 Å². The second-order valence-electron chi connectivity index (χ2n) is 5.50. The normalized spacial score (nSPS) is 11.7. The predicted molar refractivity (Wildman–Crippen MR) is 88.5 cm³/mol. The quantitative estimate of drug-likeness (QED) is 0.675. The zero-order valence-electron chi connectivity index (χ0n) is 12.0. The maximum Gasteiger partial charge on any atom is 0.142 e. The van der Waals surface area contributed by atoms with Crippen LogP contribution in [-0.2, 0) is 5.75 Å². The van der Waals surface area contributed by atoms with E-state index in [9.17, 15) is 4.39 Å². The fraction of sp³-hybridized carbons (Fsp3) is 0.333. The van der Waals surface area contributed by atoms with E-state index in [4.69, 9.17) is 23.2 Å². The minimum atomic E-state index is -0.315. The Morgan fingerprint density at radius 3 is 2.05 bits per heavy atom. The van der Waals surface area contributed by atoms with Gasteiger partial charge in [-0.1, -0.05) is 56.1 Å². The number of halogens is 3. The molecule has 0 fully saturated rings. The summed E-state index contributed by atoms with van der Waals surface area (Å²) >= 11 is 14.2. The molecule has 0 unspecified atom stereocenters. The van der Waals surface area contributed by atoms with Gasteiger partial charge in [0.15, 0.2) is 0 Å². The van der Waals surface area contributed by atoms with E-state index in [0.717, 1.165) is 0 Å². The van der Waals surface area contributed by atoms with E-state index in [1.165, 1.54) is 12.1 Å². The molecule has 2 rings (SSSR count). The van der Waals surface area contributed by atoms with Gasteiger partial charge in [-0.25, -0.2) is 14.4 Å². The Balaban J connectivity index is 2.31. The smallest absolute Gasteiger partial charge is 0.142 e. The third kappa shape index (κ3) is 4.56. The molecule has 0 spiro atoms. The topological polar surface area (TPSA) is 25.8 Å². The highest BCUT2D eigenvalue weighted by Gasteiger charge is 2.16. The molecule has 1 aromatic heterocycles. The lowest BCUT2D eigenvalue weighted by atomic mass is 10.1. The van der Waals surface area contributed by atoms with Crippen LogP contribution in [0.2, 0.25) is 10.3 Å². The maximum atomic E-state index is 13.0. The van der Waals surface area contributed by atoms with Gasteiger partial charge < -0.3 is 0 Å². The molecule has 6 heteroatoms. The summed E-state index contributed by atoms with van der Waals surface area (Å²) in [5, 5.41) is 0.567. The predicted octanol–water partition coefficient (Wildman–Crippen LogP) is 5.62. The van der Waals surface area contributed by atoms with Crippen molar-refractivity contribution in [3.8, 4) is 11.1 Å². The van der Waals surface area contributed by atoms with Gasteiger partial charge in [-0.15, -0.1) is 11.8 Å². The molecule has 0 saturated carbocycles. The fourth-order valence-corrected chi connectivity index (χ4v) is 2.98. The summed E-state index contributed by atoms with van der Waals surface area (Å²) in [4.78, 5) is 8.58. The zero-order chi connectivity index (χ0) is 15.6. The Morgan fingerprint density at radius 2 is 1.57 bits per heavy atom. The second-order valence-corrected chi connectivity index (χ2v) is 8.02. The van der Waals surface area contributed by atoms with Gasteiger partial charge in [-0.05, 0) is 17.7 Å². The number of aromatic nitrogens is 2. The van der Waals surface area contributed by atoms with Crippen LogP contribution in [0.25, 0.3) is 11.1 Å². The lowest BCUT2D eigenvalue weighted by Gasteiger charge is -2.17. The Kier molecular flexibility index (Phi) is 5.12. The molecule has 1 aromatic carbocycles. The van der Waals surface area contributed by atoms with Gasteiger partial charge in [-0.2, -0.15) is 0 Å². The summed E-state index contributed by atoms with van der Waals surface area (Å²) in [6.45, 7) is 6.36. The Bertz CT molecular complexity index is 616. The molecule has 0 atom stereocenters. The van der Waals surface area contributed by atoms with Gasteiger partial charge in [-0.3, -0.25) is 0 Å². The lowest BCUT2D eigenvalue weighted by molar-refractivity contribution is 0.628. The van der Waals surface area contributed by atoms with E-state index in [1.54, 1.807) is 23.9 Å². The molecule has 0 amide bonds. The molecular weight excluding hydrogens is 330 g/mol. The minimum absolute atomic E-state index is 0.109. The molecule has 112 valence electrons. The first-order valence-corrected chi connectivity index (χ1v) is 8.12. The average Bonchev–Trinajstić information content (AvgIpc) is 2.37. The average molecular weight is 345 g/mol. The first kappa shape index (κ1) is 16.5. The summed E-state index contributed by atoms with van der Waals surface area (Å²) in [5.74, 6) is 0.910. The summed E-state index contributed by atoms with van der Waals surface area (Å²) in [7, 11) is 0. The number of thioether (sulfide) groups is 1. The lowest BCUT2D eigenvalue weighted by Crippen LogP contribution is -2.09.